The highest BCUT2D eigenvalue weighted by molar-refractivity contribution is 7.89. The van der Waals surface area contributed by atoms with Gasteiger partial charge in [0.2, 0.25) is 15.9 Å². The third-order valence-electron chi connectivity index (χ3n) is 5.35. The number of sulfonamides is 1. The third kappa shape index (κ3) is 3.64. The molecule has 0 saturated carbocycles. The van der Waals surface area contributed by atoms with Gasteiger partial charge in [-0.25, -0.2) is 12.7 Å². The van der Waals surface area contributed by atoms with Gasteiger partial charge in [0.15, 0.2) is 0 Å². The summed E-state index contributed by atoms with van der Waals surface area (Å²) in [4.78, 5) is 14.3. The van der Waals surface area contributed by atoms with E-state index >= 15 is 0 Å². The van der Waals surface area contributed by atoms with Gasteiger partial charge >= 0.3 is 0 Å². The van der Waals surface area contributed by atoms with Crippen LogP contribution in [0, 0.1) is 5.41 Å². The molecule has 6 heteroatoms. The lowest BCUT2D eigenvalue weighted by atomic mass is 9.74. The molecule has 2 aliphatic heterocycles. The lowest BCUT2D eigenvalue weighted by molar-refractivity contribution is -0.139. The molecule has 2 heterocycles. The maximum absolute atomic E-state index is 12.4. The number of benzene rings is 1. The Balaban J connectivity index is 1.75. The van der Waals surface area contributed by atoms with Crippen molar-refractivity contribution in [3.63, 3.8) is 0 Å². The topological polar surface area (TPSA) is 57.7 Å². The van der Waals surface area contributed by atoms with Gasteiger partial charge in [-0.3, -0.25) is 4.79 Å². The van der Waals surface area contributed by atoms with Gasteiger partial charge < -0.3 is 4.90 Å². The van der Waals surface area contributed by atoms with Crippen molar-refractivity contribution < 1.29 is 13.2 Å². The Morgan fingerprint density at radius 2 is 1.88 bits per heavy atom. The van der Waals surface area contributed by atoms with Crippen molar-refractivity contribution >= 4 is 15.9 Å². The highest BCUT2D eigenvalue weighted by Crippen LogP contribution is 2.40. The third-order valence-corrected chi connectivity index (χ3v) is 7.18. The van der Waals surface area contributed by atoms with E-state index in [1.165, 1.54) is 0 Å². The number of nitrogens with zero attached hydrogens (tertiary/aromatic N) is 2. The second-order valence-electron chi connectivity index (χ2n) is 7.07. The van der Waals surface area contributed by atoms with Crippen molar-refractivity contribution in [2.24, 2.45) is 5.41 Å². The molecule has 0 bridgehead atoms. The molecular formula is C18H26N2O3S. The van der Waals surface area contributed by atoms with E-state index in [0.717, 1.165) is 24.8 Å². The molecule has 0 aromatic heterocycles. The van der Waals surface area contributed by atoms with Crippen LogP contribution in [0.4, 0.5) is 0 Å². The van der Waals surface area contributed by atoms with Crippen LogP contribution in [0.15, 0.2) is 30.3 Å². The summed E-state index contributed by atoms with van der Waals surface area (Å²) in [7, 11) is -3.16. The Morgan fingerprint density at radius 1 is 1.12 bits per heavy atom. The van der Waals surface area contributed by atoms with E-state index in [1.54, 1.807) is 11.2 Å². The summed E-state index contributed by atoms with van der Waals surface area (Å²) in [5, 5.41) is 0. The van der Waals surface area contributed by atoms with E-state index in [2.05, 4.69) is 0 Å². The molecule has 1 atom stereocenters. The molecule has 3 rings (SSSR count). The van der Waals surface area contributed by atoms with Crippen molar-refractivity contribution in [2.45, 2.75) is 39.2 Å². The van der Waals surface area contributed by atoms with Crippen LogP contribution >= 0.6 is 0 Å². The van der Waals surface area contributed by atoms with Crippen LogP contribution in [0.3, 0.4) is 0 Å². The first kappa shape index (κ1) is 17.4. The molecule has 1 aromatic carbocycles. The van der Waals surface area contributed by atoms with Gasteiger partial charge in [0, 0.05) is 38.0 Å². The van der Waals surface area contributed by atoms with E-state index in [0.29, 0.717) is 32.6 Å². The minimum atomic E-state index is -3.16. The highest BCUT2D eigenvalue weighted by atomic mass is 32.2. The molecule has 1 amide bonds. The summed E-state index contributed by atoms with van der Waals surface area (Å²) in [6.45, 7) is 4.15. The van der Waals surface area contributed by atoms with Gasteiger partial charge in [0.1, 0.15) is 0 Å². The molecule has 0 N–H and O–H groups in total. The van der Waals surface area contributed by atoms with Crippen molar-refractivity contribution in [3.8, 4) is 0 Å². The molecule has 5 nitrogen and oxygen atoms in total. The summed E-state index contributed by atoms with van der Waals surface area (Å²) in [6.07, 6.45) is 3.20. The SMILES string of the molecule is CCS(=O)(=O)N1CCC[C@]2(CCC(=O)N(Cc3ccccc3)C2)C1. The van der Waals surface area contributed by atoms with Crippen LogP contribution in [-0.4, -0.2) is 48.9 Å². The molecule has 2 aliphatic rings. The summed E-state index contributed by atoms with van der Waals surface area (Å²) >= 11 is 0. The first-order valence-corrected chi connectivity index (χ1v) is 10.3. The Kier molecular flexibility index (Phi) is 4.97. The number of amides is 1. The standard InChI is InChI=1S/C18H26N2O3S/c1-2-24(22,23)20-12-6-10-18(15-20)11-9-17(21)19(14-18)13-16-7-4-3-5-8-16/h3-5,7-8H,2,6,9-15H2,1H3/t18-/m1/s1. The van der Waals surface area contributed by atoms with Gasteiger partial charge in [-0.05, 0) is 31.7 Å². The average molecular weight is 350 g/mol. The van der Waals surface area contributed by atoms with Crippen LogP contribution in [-0.2, 0) is 21.4 Å². The van der Waals surface area contributed by atoms with Crippen LogP contribution in [0.1, 0.15) is 38.2 Å². The first-order valence-electron chi connectivity index (χ1n) is 8.74. The molecule has 2 fully saturated rings. The van der Waals surface area contributed by atoms with Crippen molar-refractivity contribution in [2.75, 3.05) is 25.4 Å². The fraction of sp³-hybridized carbons (Fsp3) is 0.611. The summed E-state index contributed by atoms with van der Waals surface area (Å²) < 4.78 is 26.2. The molecule has 0 radical (unpaired) electrons. The van der Waals surface area contributed by atoms with Gasteiger partial charge in [-0.1, -0.05) is 30.3 Å². The minimum Gasteiger partial charge on any atom is -0.338 e. The van der Waals surface area contributed by atoms with E-state index in [-0.39, 0.29) is 17.1 Å². The van der Waals surface area contributed by atoms with Crippen LogP contribution < -0.4 is 0 Å². The van der Waals surface area contributed by atoms with Crippen molar-refractivity contribution in [1.82, 2.24) is 9.21 Å². The Morgan fingerprint density at radius 3 is 2.58 bits per heavy atom. The molecule has 132 valence electrons. The number of piperidine rings is 2. The quantitative estimate of drug-likeness (QED) is 0.837. The lowest BCUT2D eigenvalue weighted by Crippen LogP contribution is -2.55. The second-order valence-corrected chi connectivity index (χ2v) is 9.33. The summed E-state index contributed by atoms with van der Waals surface area (Å²) in [5.41, 5.74) is 1.04. The Hall–Kier alpha value is -1.40. The Bertz CT molecular complexity index is 689. The zero-order valence-electron chi connectivity index (χ0n) is 14.3. The molecule has 2 saturated heterocycles. The fourth-order valence-corrected chi connectivity index (χ4v) is 5.21. The number of carbonyl (C=O) groups excluding carboxylic acids is 1. The van der Waals surface area contributed by atoms with Gasteiger partial charge in [0.05, 0.1) is 5.75 Å². The highest BCUT2D eigenvalue weighted by Gasteiger charge is 2.43. The van der Waals surface area contributed by atoms with Gasteiger partial charge in [0.25, 0.3) is 0 Å². The van der Waals surface area contributed by atoms with E-state index in [9.17, 15) is 13.2 Å². The second kappa shape index (κ2) is 6.84. The number of carbonyl (C=O) groups is 1. The van der Waals surface area contributed by atoms with Crippen LogP contribution in [0.5, 0.6) is 0 Å². The number of hydrogen-bond donors (Lipinski definition) is 0. The fourth-order valence-electron chi connectivity index (χ4n) is 3.97. The van der Waals surface area contributed by atoms with Crippen LogP contribution in [0.2, 0.25) is 0 Å². The number of likely N-dealkylation sites (tertiary alicyclic amines) is 1. The molecule has 1 aromatic rings. The van der Waals surface area contributed by atoms with Gasteiger partial charge in [-0.2, -0.15) is 0 Å². The predicted molar refractivity (Wildman–Crippen MR) is 93.8 cm³/mol. The zero-order valence-corrected chi connectivity index (χ0v) is 15.1. The smallest absolute Gasteiger partial charge is 0.222 e. The Labute approximate surface area is 144 Å². The van der Waals surface area contributed by atoms with Gasteiger partial charge in [-0.15, -0.1) is 0 Å². The largest absolute Gasteiger partial charge is 0.338 e. The van der Waals surface area contributed by atoms with E-state index < -0.39 is 10.0 Å². The lowest BCUT2D eigenvalue weighted by Gasteiger charge is -2.47. The average Bonchev–Trinajstić information content (AvgIpc) is 2.59. The summed E-state index contributed by atoms with van der Waals surface area (Å²) in [6, 6.07) is 10.00. The maximum Gasteiger partial charge on any atom is 0.222 e. The monoisotopic (exact) mass is 350 g/mol. The number of rotatable bonds is 4. The molecule has 0 aliphatic carbocycles. The zero-order chi connectivity index (χ0) is 17.2. The maximum atomic E-state index is 12.4. The van der Waals surface area contributed by atoms with Crippen LogP contribution in [0.25, 0.3) is 0 Å². The van der Waals surface area contributed by atoms with E-state index in [4.69, 9.17) is 0 Å². The molecule has 1 spiro atoms. The predicted octanol–water partition coefficient (Wildman–Crippen LogP) is 2.24. The minimum absolute atomic E-state index is 0.0802. The van der Waals surface area contributed by atoms with Crippen molar-refractivity contribution in [1.29, 1.82) is 0 Å². The molecule has 0 unspecified atom stereocenters. The summed E-state index contributed by atoms with van der Waals surface area (Å²) in [5.74, 6) is 0.329. The molecular weight excluding hydrogens is 324 g/mol. The van der Waals surface area contributed by atoms with Crippen molar-refractivity contribution in [3.05, 3.63) is 35.9 Å². The number of hydrogen-bond acceptors (Lipinski definition) is 3. The first-order chi connectivity index (χ1) is 11.4. The normalized spacial score (nSPS) is 26.0. The molecule has 24 heavy (non-hydrogen) atoms. The van der Waals surface area contributed by atoms with E-state index in [1.807, 2.05) is 35.2 Å².